The number of nitrogens with zero attached hydrogens (tertiary/aromatic N) is 2. The Hall–Kier alpha value is -2.06. The Balaban J connectivity index is 1.50. The Morgan fingerprint density at radius 2 is 2.09 bits per heavy atom. The highest BCUT2D eigenvalue weighted by Crippen LogP contribution is 2.39. The van der Waals surface area contributed by atoms with Gasteiger partial charge in [0.25, 0.3) is 0 Å². The summed E-state index contributed by atoms with van der Waals surface area (Å²) in [7, 11) is 0. The number of carbonyl (C=O) groups excluding carboxylic acids is 2. The van der Waals surface area contributed by atoms with Crippen molar-refractivity contribution < 1.29 is 22.9 Å². The van der Waals surface area contributed by atoms with E-state index in [-0.39, 0.29) is 43.0 Å². The van der Waals surface area contributed by atoms with Gasteiger partial charge < -0.3 is 15.2 Å². The maximum absolute atomic E-state index is 13.1. The lowest BCUT2D eigenvalue weighted by Crippen LogP contribution is -2.41. The van der Waals surface area contributed by atoms with E-state index in [4.69, 9.17) is 4.52 Å². The lowest BCUT2D eigenvalue weighted by molar-refractivity contribution is -0.125. The molecule has 1 unspecified atom stereocenters. The average molecular weight is 328 g/mol. The molecule has 0 radical (unpaired) electrons. The van der Waals surface area contributed by atoms with E-state index in [0.29, 0.717) is 31.5 Å². The first-order chi connectivity index (χ1) is 10.9. The molecule has 2 aliphatic rings. The van der Waals surface area contributed by atoms with Crippen molar-refractivity contribution in [3.63, 3.8) is 0 Å². The van der Waals surface area contributed by atoms with Gasteiger partial charge in [0.2, 0.25) is 23.6 Å². The third kappa shape index (κ3) is 3.83. The quantitative estimate of drug-likeness (QED) is 0.867. The summed E-state index contributed by atoms with van der Waals surface area (Å²) in [6.45, 7) is 0.0566. The van der Waals surface area contributed by atoms with Crippen LogP contribution in [0.3, 0.4) is 0 Å². The molecule has 1 aliphatic heterocycles. The molecule has 0 aromatic carbocycles. The van der Waals surface area contributed by atoms with Crippen molar-refractivity contribution in [3.05, 3.63) is 11.7 Å². The fourth-order valence-corrected chi connectivity index (χ4v) is 2.90. The molecule has 1 saturated carbocycles. The second kappa shape index (κ2) is 6.21. The van der Waals surface area contributed by atoms with Crippen LogP contribution in [0.1, 0.15) is 56.2 Å². The van der Waals surface area contributed by atoms with E-state index in [1.807, 2.05) is 0 Å². The SMILES string of the molecule is O=C1CCC(C(=O)NCc2nc(C3CCC(F)(F)CC3)no2)N1. The zero-order chi connectivity index (χ0) is 16.4. The predicted molar refractivity (Wildman–Crippen MR) is 73.5 cm³/mol. The molecule has 0 bridgehead atoms. The molecule has 7 nitrogen and oxygen atoms in total. The Bertz CT molecular complexity index is 595. The third-order valence-corrected chi connectivity index (χ3v) is 4.29. The monoisotopic (exact) mass is 328 g/mol. The molecule has 9 heteroatoms. The number of halogens is 2. The van der Waals surface area contributed by atoms with Gasteiger partial charge in [-0.1, -0.05) is 5.16 Å². The number of hydrogen-bond acceptors (Lipinski definition) is 5. The minimum Gasteiger partial charge on any atom is -0.345 e. The van der Waals surface area contributed by atoms with Gasteiger partial charge in [-0.05, 0) is 19.3 Å². The Morgan fingerprint density at radius 1 is 1.35 bits per heavy atom. The Kier molecular flexibility index (Phi) is 4.27. The molecule has 1 aliphatic carbocycles. The van der Waals surface area contributed by atoms with Crippen molar-refractivity contribution in [2.24, 2.45) is 0 Å². The summed E-state index contributed by atoms with van der Waals surface area (Å²) in [5, 5.41) is 9.01. The number of alkyl halides is 2. The minimum absolute atomic E-state index is 0.0566. The molecule has 2 N–H and O–H groups in total. The smallest absolute Gasteiger partial charge is 0.248 e. The van der Waals surface area contributed by atoms with Gasteiger partial charge in [0.15, 0.2) is 5.82 Å². The third-order valence-electron chi connectivity index (χ3n) is 4.29. The number of nitrogens with one attached hydrogen (secondary N) is 2. The predicted octanol–water partition coefficient (Wildman–Crippen LogP) is 1.26. The van der Waals surface area contributed by atoms with Crippen LogP contribution in [0.2, 0.25) is 0 Å². The number of hydrogen-bond donors (Lipinski definition) is 2. The van der Waals surface area contributed by atoms with Gasteiger partial charge >= 0.3 is 0 Å². The maximum Gasteiger partial charge on any atom is 0.248 e. The van der Waals surface area contributed by atoms with Crippen molar-refractivity contribution in [2.75, 3.05) is 0 Å². The first-order valence-corrected chi connectivity index (χ1v) is 7.70. The van der Waals surface area contributed by atoms with Crippen LogP contribution in [0.5, 0.6) is 0 Å². The molecule has 3 rings (SSSR count). The van der Waals surface area contributed by atoms with Crippen molar-refractivity contribution in [1.82, 2.24) is 20.8 Å². The van der Waals surface area contributed by atoms with E-state index in [0.717, 1.165) is 0 Å². The summed E-state index contributed by atoms with van der Waals surface area (Å²) in [6, 6.07) is -0.523. The Morgan fingerprint density at radius 3 is 2.74 bits per heavy atom. The molecular formula is C14H18F2N4O3. The summed E-state index contributed by atoms with van der Waals surface area (Å²) in [5.41, 5.74) is 0. The van der Waals surface area contributed by atoms with Gasteiger partial charge in [-0.25, -0.2) is 8.78 Å². The van der Waals surface area contributed by atoms with E-state index in [2.05, 4.69) is 20.8 Å². The van der Waals surface area contributed by atoms with Gasteiger partial charge in [-0.15, -0.1) is 0 Å². The number of aromatic nitrogens is 2. The fourth-order valence-electron chi connectivity index (χ4n) is 2.90. The topological polar surface area (TPSA) is 97.1 Å². The van der Waals surface area contributed by atoms with Crippen LogP contribution < -0.4 is 10.6 Å². The van der Waals surface area contributed by atoms with E-state index in [1.165, 1.54) is 0 Å². The van der Waals surface area contributed by atoms with Crippen LogP contribution in [-0.2, 0) is 16.1 Å². The molecule has 1 aromatic rings. The lowest BCUT2D eigenvalue weighted by Gasteiger charge is -2.26. The minimum atomic E-state index is -2.59. The summed E-state index contributed by atoms with van der Waals surface area (Å²) >= 11 is 0. The fraction of sp³-hybridized carbons (Fsp3) is 0.714. The van der Waals surface area contributed by atoms with Gasteiger partial charge in [0, 0.05) is 25.2 Å². The zero-order valence-corrected chi connectivity index (χ0v) is 12.5. The lowest BCUT2D eigenvalue weighted by atomic mass is 9.86. The molecule has 1 aromatic heterocycles. The maximum atomic E-state index is 13.1. The van der Waals surface area contributed by atoms with Crippen LogP contribution in [0.4, 0.5) is 8.78 Å². The van der Waals surface area contributed by atoms with Crippen LogP contribution in [0.15, 0.2) is 4.52 Å². The van der Waals surface area contributed by atoms with E-state index in [1.54, 1.807) is 0 Å². The van der Waals surface area contributed by atoms with Crippen molar-refractivity contribution in [1.29, 1.82) is 0 Å². The van der Waals surface area contributed by atoms with Crippen molar-refractivity contribution in [3.8, 4) is 0 Å². The first kappa shape index (κ1) is 15.8. The van der Waals surface area contributed by atoms with Gasteiger partial charge in [-0.3, -0.25) is 9.59 Å². The second-order valence-corrected chi connectivity index (χ2v) is 6.05. The zero-order valence-electron chi connectivity index (χ0n) is 12.5. The molecule has 1 saturated heterocycles. The molecule has 0 spiro atoms. The molecule has 23 heavy (non-hydrogen) atoms. The second-order valence-electron chi connectivity index (χ2n) is 6.05. The largest absolute Gasteiger partial charge is 0.345 e. The van der Waals surface area contributed by atoms with E-state index < -0.39 is 12.0 Å². The molecule has 2 amide bonds. The molecule has 2 fully saturated rings. The van der Waals surface area contributed by atoms with Crippen LogP contribution in [-0.4, -0.2) is 33.9 Å². The normalized spacial score (nSPS) is 24.4. The van der Waals surface area contributed by atoms with Crippen LogP contribution in [0, 0.1) is 0 Å². The van der Waals surface area contributed by atoms with Gasteiger partial charge in [0.05, 0.1) is 6.54 Å². The molecular weight excluding hydrogens is 310 g/mol. The molecule has 2 heterocycles. The summed E-state index contributed by atoms with van der Waals surface area (Å²) in [4.78, 5) is 27.1. The van der Waals surface area contributed by atoms with Crippen LogP contribution in [0.25, 0.3) is 0 Å². The van der Waals surface area contributed by atoms with Crippen LogP contribution >= 0.6 is 0 Å². The van der Waals surface area contributed by atoms with Crippen molar-refractivity contribution >= 4 is 11.8 Å². The number of carbonyl (C=O) groups is 2. The Labute approximate surface area is 131 Å². The summed E-state index contributed by atoms with van der Waals surface area (Å²) in [6.07, 6.45) is 1.13. The molecule has 126 valence electrons. The van der Waals surface area contributed by atoms with E-state index in [9.17, 15) is 18.4 Å². The number of amides is 2. The van der Waals surface area contributed by atoms with Gasteiger partial charge in [0.1, 0.15) is 6.04 Å². The highest BCUT2D eigenvalue weighted by molar-refractivity contribution is 5.90. The van der Waals surface area contributed by atoms with Gasteiger partial charge in [-0.2, -0.15) is 4.98 Å². The highest BCUT2D eigenvalue weighted by Gasteiger charge is 2.37. The molecule has 1 atom stereocenters. The first-order valence-electron chi connectivity index (χ1n) is 7.70. The summed E-state index contributed by atoms with van der Waals surface area (Å²) < 4.78 is 31.3. The number of rotatable bonds is 4. The van der Waals surface area contributed by atoms with E-state index >= 15 is 0 Å². The summed E-state index contributed by atoms with van der Waals surface area (Å²) in [5.74, 6) is -2.51. The highest BCUT2D eigenvalue weighted by atomic mass is 19.3. The standard InChI is InChI=1S/C14H18F2N4O3/c15-14(16)5-3-8(4-6-14)12-19-11(23-20-12)7-17-13(22)9-1-2-10(21)18-9/h8-9H,1-7H2,(H,17,22)(H,18,21). The van der Waals surface area contributed by atoms with Crippen molar-refractivity contribution in [2.45, 2.75) is 63.0 Å². The average Bonchev–Trinajstić information content (AvgIpc) is 3.14.